The van der Waals surface area contributed by atoms with Gasteiger partial charge in [0.2, 0.25) is 0 Å². The number of aromatic nitrogens is 2. The summed E-state index contributed by atoms with van der Waals surface area (Å²) in [5.41, 5.74) is 9.60. The molecule has 2 aliphatic rings. The summed E-state index contributed by atoms with van der Waals surface area (Å²) in [7, 11) is 4.54. The Balaban J connectivity index is 1.62. The lowest BCUT2D eigenvalue weighted by Crippen LogP contribution is -2.08. The smallest absolute Gasteiger partial charge is 0.0208 e. The molecule has 2 aromatic rings. The Bertz CT molecular complexity index is 688. The first-order valence-corrected chi connectivity index (χ1v) is 9.46. The zero-order valence-electron chi connectivity index (χ0n) is 15.0. The van der Waals surface area contributed by atoms with Crippen molar-refractivity contribution < 1.29 is 0 Å². The SMILES string of the molecule is Cc1cn(C)c2c1CCC(c1cc3c(n1C)CCCCC3)CC2. The van der Waals surface area contributed by atoms with Gasteiger partial charge in [-0.1, -0.05) is 6.42 Å². The maximum absolute atomic E-state index is 2.56. The molecule has 2 aromatic heterocycles. The highest BCUT2D eigenvalue weighted by Gasteiger charge is 2.25. The molecule has 0 spiro atoms. The van der Waals surface area contributed by atoms with Gasteiger partial charge in [0.15, 0.2) is 0 Å². The average Bonchev–Trinajstić information content (AvgIpc) is 2.83. The van der Waals surface area contributed by atoms with Gasteiger partial charge in [0.25, 0.3) is 0 Å². The number of aryl methyl sites for hydroxylation is 3. The molecule has 0 fully saturated rings. The molecule has 2 heterocycles. The zero-order valence-corrected chi connectivity index (χ0v) is 15.0. The topological polar surface area (TPSA) is 9.86 Å². The fourth-order valence-corrected chi connectivity index (χ4v) is 5.08. The van der Waals surface area contributed by atoms with Crippen LogP contribution in [0, 0.1) is 6.92 Å². The molecule has 2 aliphatic carbocycles. The van der Waals surface area contributed by atoms with Gasteiger partial charge in [-0.2, -0.15) is 0 Å². The van der Waals surface area contributed by atoms with Gasteiger partial charge in [-0.3, -0.25) is 0 Å². The lowest BCUT2D eigenvalue weighted by molar-refractivity contribution is 0.551. The molecule has 0 N–H and O–H groups in total. The third-order valence-corrected chi connectivity index (χ3v) is 6.37. The Morgan fingerprint density at radius 3 is 2.57 bits per heavy atom. The highest BCUT2D eigenvalue weighted by Crippen LogP contribution is 2.36. The molecule has 4 rings (SSSR count). The summed E-state index contributed by atoms with van der Waals surface area (Å²) in [6.07, 6.45) is 14.2. The normalized spacial score (nSPS) is 21.4. The molecule has 23 heavy (non-hydrogen) atoms. The van der Waals surface area contributed by atoms with E-state index in [2.05, 4.69) is 42.4 Å². The molecule has 124 valence electrons. The predicted octanol–water partition coefficient (Wildman–Crippen LogP) is 4.60. The van der Waals surface area contributed by atoms with E-state index in [-0.39, 0.29) is 0 Å². The van der Waals surface area contributed by atoms with Crippen molar-refractivity contribution in [3.8, 4) is 0 Å². The van der Waals surface area contributed by atoms with Crippen LogP contribution in [0.25, 0.3) is 0 Å². The van der Waals surface area contributed by atoms with Crippen LogP contribution in [0.5, 0.6) is 0 Å². The van der Waals surface area contributed by atoms with E-state index in [4.69, 9.17) is 0 Å². The van der Waals surface area contributed by atoms with Crippen molar-refractivity contribution in [2.75, 3.05) is 0 Å². The van der Waals surface area contributed by atoms with Crippen LogP contribution in [0.15, 0.2) is 12.3 Å². The Hall–Kier alpha value is -1.44. The van der Waals surface area contributed by atoms with Crippen LogP contribution in [-0.4, -0.2) is 9.13 Å². The number of nitrogens with zero attached hydrogens (tertiary/aromatic N) is 2. The Morgan fingerprint density at radius 2 is 1.70 bits per heavy atom. The standard InChI is InChI=1S/C21H30N2/c1-15-14-22(2)20-12-10-16(9-11-18(15)20)21-13-17-7-5-4-6-8-19(17)23(21)3/h13-14,16H,4-12H2,1-3H3. The second-order valence-electron chi connectivity index (χ2n) is 7.78. The van der Waals surface area contributed by atoms with Gasteiger partial charge in [0.05, 0.1) is 0 Å². The molecule has 1 atom stereocenters. The number of hydrogen-bond acceptors (Lipinski definition) is 0. The second-order valence-corrected chi connectivity index (χ2v) is 7.78. The molecule has 0 aromatic carbocycles. The summed E-state index contributed by atoms with van der Waals surface area (Å²) in [5.74, 6) is 0.735. The molecule has 2 nitrogen and oxygen atoms in total. The minimum absolute atomic E-state index is 0.735. The molecule has 0 radical (unpaired) electrons. The van der Waals surface area contributed by atoms with Crippen LogP contribution >= 0.6 is 0 Å². The van der Waals surface area contributed by atoms with Crippen molar-refractivity contribution in [2.45, 2.75) is 70.6 Å². The van der Waals surface area contributed by atoms with E-state index >= 15 is 0 Å². The van der Waals surface area contributed by atoms with Gasteiger partial charge in [-0.25, -0.2) is 0 Å². The van der Waals surface area contributed by atoms with Crippen LogP contribution < -0.4 is 0 Å². The summed E-state index contributed by atoms with van der Waals surface area (Å²) >= 11 is 0. The van der Waals surface area contributed by atoms with Gasteiger partial charge in [-0.05, 0) is 87.0 Å². The summed E-state index contributed by atoms with van der Waals surface area (Å²) in [6, 6.07) is 2.56. The quantitative estimate of drug-likeness (QED) is 0.681. The molecule has 0 aliphatic heterocycles. The van der Waals surface area contributed by atoms with Crippen molar-refractivity contribution in [2.24, 2.45) is 14.1 Å². The molecule has 0 saturated carbocycles. The van der Waals surface area contributed by atoms with Crippen LogP contribution in [0.4, 0.5) is 0 Å². The summed E-state index contributed by atoms with van der Waals surface area (Å²) < 4.78 is 4.93. The third-order valence-electron chi connectivity index (χ3n) is 6.37. The van der Waals surface area contributed by atoms with Gasteiger partial charge in [0, 0.05) is 37.4 Å². The van der Waals surface area contributed by atoms with E-state index in [1.54, 1.807) is 28.2 Å². The first-order chi connectivity index (χ1) is 11.1. The highest BCUT2D eigenvalue weighted by molar-refractivity contribution is 5.35. The molecule has 0 amide bonds. The number of hydrogen-bond donors (Lipinski definition) is 0. The summed E-state index contributed by atoms with van der Waals surface area (Å²) in [6.45, 7) is 2.28. The average molecular weight is 310 g/mol. The lowest BCUT2D eigenvalue weighted by Gasteiger charge is -2.17. The van der Waals surface area contributed by atoms with E-state index in [0.29, 0.717) is 0 Å². The van der Waals surface area contributed by atoms with Gasteiger partial charge >= 0.3 is 0 Å². The maximum atomic E-state index is 2.56. The van der Waals surface area contributed by atoms with E-state index in [1.807, 2.05) is 0 Å². The Kier molecular flexibility index (Phi) is 3.87. The zero-order chi connectivity index (χ0) is 16.0. The maximum Gasteiger partial charge on any atom is 0.0208 e. The number of fused-ring (bicyclic) bond motifs is 2. The van der Waals surface area contributed by atoms with E-state index in [1.165, 1.54) is 63.4 Å². The van der Waals surface area contributed by atoms with Gasteiger partial charge in [0.1, 0.15) is 0 Å². The van der Waals surface area contributed by atoms with E-state index in [9.17, 15) is 0 Å². The largest absolute Gasteiger partial charge is 0.354 e. The molecule has 0 saturated heterocycles. The minimum atomic E-state index is 0.735. The van der Waals surface area contributed by atoms with Crippen molar-refractivity contribution in [1.29, 1.82) is 0 Å². The van der Waals surface area contributed by atoms with Gasteiger partial charge < -0.3 is 9.13 Å². The van der Waals surface area contributed by atoms with E-state index in [0.717, 1.165) is 5.92 Å². The fraction of sp³-hybridized carbons (Fsp3) is 0.619. The van der Waals surface area contributed by atoms with Crippen LogP contribution in [0.3, 0.4) is 0 Å². The summed E-state index contributed by atoms with van der Waals surface area (Å²) in [4.78, 5) is 0. The predicted molar refractivity (Wildman–Crippen MR) is 96.2 cm³/mol. The van der Waals surface area contributed by atoms with Crippen molar-refractivity contribution in [1.82, 2.24) is 9.13 Å². The Labute approximate surface area is 140 Å². The highest BCUT2D eigenvalue weighted by atomic mass is 15.0. The van der Waals surface area contributed by atoms with E-state index < -0.39 is 0 Å². The van der Waals surface area contributed by atoms with Crippen molar-refractivity contribution in [3.05, 3.63) is 46.0 Å². The molecule has 2 heteroatoms. The van der Waals surface area contributed by atoms with Crippen molar-refractivity contribution in [3.63, 3.8) is 0 Å². The molecule has 0 bridgehead atoms. The molecule has 1 unspecified atom stereocenters. The van der Waals surface area contributed by atoms with Crippen LogP contribution in [0.2, 0.25) is 0 Å². The first kappa shape index (κ1) is 15.1. The monoisotopic (exact) mass is 310 g/mol. The molecular formula is C21H30N2. The summed E-state index contributed by atoms with van der Waals surface area (Å²) in [5, 5.41) is 0. The van der Waals surface area contributed by atoms with Gasteiger partial charge in [-0.15, -0.1) is 0 Å². The first-order valence-electron chi connectivity index (χ1n) is 9.46. The Morgan fingerprint density at radius 1 is 0.913 bits per heavy atom. The second kappa shape index (κ2) is 5.89. The van der Waals surface area contributed by atoms with Crippen molar-refractivity contribution >= 4 is 0 Å². The number of rotatable bonds is 1. The van der Waals surface area contributed by atoms with Crippen LogP contribution in [0.1, 0.15) is 71.8 Å². The fourth-order valence-electron chi connectivity index (χ4n) is 5.08. The van der Waals surface area contributed by atoms with Crippen LogP contribution in [-0.2, 0) is 39.8 Å². The minimum Gasteiger partial charge on any atom is -0.354 e. The third kappa shape index (κ3) is 2.56. The lowest BCUT2D eigenvalue weighted by atomic mass is 9.95. The molecular weight excluding hydrogens is 280 g/mol.